The molecule has 2 aliphatic rings. The number of fused-ring (bicyclic) bond motifs is 1. The third-order valence-corrected chi connectivity index (χ3v) is 5.67. The van der Waals surface area contributed by atoms with E-state index in [1.54, 1.807) is 7.11 Å². The van der Waals surface area contributed by atoms with Gasteiger partial charge in [0.25, 0.3) is 11.8 Å². The number of rotatable bonds is 7. The maximum absolute atomic E-state index is 13.5. The van der Waals surface area contributed by atoms with Crippen molar-refractivity contribution in [1.29, 1.82) is 0 Å². The van der Waals surface area contributed by atoms with Gasteiger partial charge in [0.2, 0.25) is 0 Å². The highest BCUT2D eigenvalue weighted by Gasteiger charge is 2.42. The molecular formula is C25H28N2O4. The molecule has 0 aromatic heterocycles. The van der Waals surface area contributed by atoms with E-state index < -0.39 is 0 Å². The molecule has 0 atom stereocenters. The van der Waals surface area contributed by atoms with Crippen molar-refractivity contribution in [2.75, 3.05) is 31.7 Å². The highest BCUT2D eigenvalue weighted by Crippen LogP contribution is 2.38. The number of nitrogens with zero attached hydrogens (tertiary/aromatic N) is 2. The molecule has 162 valence electrons. The minimum Gasteiger partial charge on any atom is -0.497 e. The van der Waals surface area contributed by atoms with Gasteiger partial charge in [-0.15, -0.1) is 0 Å². The van der Waals surface area contributed by atoms with Gasteiger partial charge in [-0.1, -0.05) is 30.3 Å². The van der Waals surface area contributed by atoms with Crippen molar-refractivity contribution < 1.29 is 19.1 Å². The van der Waals surface area contributed by atoms with Crippen molar-refractivity contribution in [1.82, 2.24) is 4.90 Å². The number of amides is 2. The van der Waals surface area contributed by atoms with Crippen LogP contribution in [0.15, 0.2) is 54.2 Å². The van der Waals surface area contributed by atoms with Crippen molar-refractivity contribution in [3.63, 3.8) is 0 Å². The van der Waals surface area contributed by atoms with Crippen molar-refractivity contribution >= 4 is 23.1 Å². The molecule has 2 heterocycles. The molecule has 6 heteroatoms. The topological polar surface area (TPSA) is 59.1 Å². The third kappa shape index (κ3) is 4.08. The fourth-order valence-electron chi connectivity index (χ4n) is 4.18. The van der Waals surface area contributed by atoms with E-state index in [4.69, 9.17) is 9.47 Å². The van der Waals surface area contributed by atoms with Crippen LogP contribution in [0.25, 0.3) is 5.57 Å². The number of imide groups is 1. The Kier molecular flexibility index (Phi) is 6.09. The minimum atomic E-state index is -0.277. The number of anilines is 1. The van der Waals surface area contributed by atoms with Gasteiger partial charge in [-0.3, -0.25) is 14.5 Å². The molecule has 0 bridgehead atoms. The van der Waals surface area contributed by atoms with Crippen molar-refractivity contribution in [3.8, 4) is 5.75 Å². The fourth-order valence-corrected chi connectivity index (χ4v) is 4.18. The molecular weight excluding hydrogens is 392 g/mol. The summed E-state index contributed by atoms with van der Waals surface area (Å²) in [5.41, 5.74) is 3.79. The number of hydrogen-bond donors (Lipinski definition) is 0. The summed E-state index contributed by atoms with van der Waals surface area (Å²) in [6.45, 7) is 5.11. The first-order chi connectivity index (χ1) is 15.0. The van der Waals surface area contributed by atoms with Crippen LogP contribution in [0.3, 0.4) is 0 Å². The van der Waals surface area contributed by atoms with Gasteiger partial charge in [0, 0.05) is 12.2 Å². The Balaban J connectivity index is 1.77. The second-order valence-corrected chi connectivity index (χ2v) is 8.02. The lowest BCUT2D eigenvalue weighted by atomic mass is 9.98. The lowest BCUT2D eigenvalue weighted by molar-refractivity contribution is -0.138. The largest absolute Gasteiger partial charge is 0.497 e. The molecule has 2 aromatic carbocycles. The van der Waals surface area contributed by atoms with Gasteiger partial charge in [-0.05, 0) is 56.0 Å². The van der Waals surface area contributed by atoms with E-state index in [2.05, 4.69) is 6.07 Å². The lowest BCUT2D eigenvalue weighted by Crippen LogP contribution is -2.39. The Labute approximate surface area is 183 Å². The zero-order chi connectivity index (χ0) is 22.0. The standard InChI is InChI=1S/C25H28N2O4/c1-17(2)31-16-15-27-24(28)22(19-10-12-20(30-3)13-11-19)23(25(27)29)26-14-6-8-18-7-4-5-9-21(18)26/h4-5,7,9-13,17H,6,8,14-16H2,1-3H3. The number of aryl methyl sites for hydroxylation is 1. The van der Waals surface area contributed by atoms with E-state index in [0.29, 0.717) is 35.7 Å². The molecule has 2 amide bonds. The molecule has 0 aliphatic carbocycles. The Hall–Kier alpha value is -3.12. The van der Waals surface area contributed by atoms with Crippen molar-refractivity contribution in [2.24, 2.45) is 0 Å². The minimum absolute atomic E-state index is 0.0373. The van der Waals surface area contributed by atoms with Gasteiger partial charge in [0.1, 0.15) is 11.4 Å². The van der Waals surface area contributed by atoms with Crippen LogP contribution in [0.2, 0.25) is 0 Å². The summed E-state index contributed by atoms with van der Waals surface area (Å²) in [6, 6.07) is 15.4. The molecule has 31 heavy (non-hydrogen) atoms. The molecule has 0 N–H and O–H groups in total. The highest BCUT2D eigenvalue weighted by molar-refractivity contribution is 6.36. The number of methoxy groups -OCH3 is 1. The van der Waals surface area contributed by atoms with E-state index in [9.17, 15) is 9.59 Å². The monoisotopic (exact) mass is 420 g/mol. The summed E-state index contributed by atoms with van der Waals surface area (Å²) in [5.74, 6) is 0.161. The summed E-state index contributed by atoms with van der Waals surface area (Å²) < 4.78 is 10.9. The number of para-hydroxylation sites is 1. The van der Waals surface area contributed by atoms with Crippen molar-refractivity contribution in [3.05, 3.63) is 65.4 Å². The molecule has 0 radical (unpaired) electrons. The first-order valence-electron chi connectivity index (χ1n) is 10.7. The SMILES string of the molecule is COc1ccc(C2=C(N3CCCc4ccccc43)C(=O)N(CCOC(C)C)C2=O)cc1. The first kappa shape index (κ1) is 21.1. The van der Waals surface area contributed by atoms with E-state index in [1.165, 1.54) is 10.5 Å². The molecule has 0 spiro atoms. The van der Waals surface area contributed by atoms with Crippen LogP contribution >= 0.6 is 0 Å². The number of hydrogen-bond acceptors (Lipinski definition) is 5. The maximum atomic E-state index is 13.5. The second-order valence-electron chi connectivity index (χ2n) is 8.02. The first-order valence-corrected chi connectivity index (χ1v) is 10.7. The maximum Gasteiger partial charge on any atom is 0.278 e. The molecule has 0 fully saturated rings. The Morgan fingerprint density at radius 3 is 2.45 bits per heavy atom. The second kappa shape index (κ2) is 8.94. The van der Waals surface area contributed by atoms with Gasteiger partial charge in [0.05, 0.1) is 31.9 Å². The molecule has 0 saturated carbocycles. The Morgan fingerprint density at radius 1 is 1.00 bits per heavy atom. The van der Waals surface area contributed by atoms with Crippen LogP contribution in [0.1, 0.15) is 31.4 Å². The van der Waals surface area contributed by atoms with Gasteiger partial charge in [0.15, 0.2) is 0 Å². The molecule has 0 saturated heterocycles. The Morgan fingerprint density at radius 2 is 1.74 bits per heavy atom. The Bertz CT molecular complexity index is 1010. The van der Waals surface area contributed by atoms with Gasteiger partial charge >= 0.3 is 0 Å². The number of ether oxygens (including phenoxy) is 2. The summed E-state index contributed by atoms with van der Waals surface area (Å²) in [5, 5.41) is 0. The fraction of sp³-hybridized carbons (Fsp3) is 0.360. The van der Waals surface area contributed by atoms with Crippen LogP contribution in [0, 0.1) is 0 Å². The van der Waals surface area contributed by atoms with Crippen molar-refractivity contribution in [2.45, 2.75) is 32.8 Å². The predicted octanol–water partition coefficient (Wildman–Crippen LogP) is 3.65. The number of benzene rings is 2. The van der Waals surface area contributed by atoms with Gasteiger partial charge in [-0.25, -0.2) is 0 Å². The van der Waals surface area contributed by atoms with Crippen LogP contribution in [-0.4, -0.2) is 49.6 Å². The number of carbonyl (C=O) groups is 2. The zero-order valence-corrected chi connectivity index (χ0v) is 18.3. The van der Waals surface area contributed by atoms with E-state index in [-0.39, 0.29) is 24.5 Å². The van der Waals surface area contributed by atoms with E-state index in [1.807, 2.05) is 61.2 Å². The zero-order valence-electron chi connectivity index (χ0n) is 18.3. The van der Waals surface area contributed by atoms with Gasteiger partial charge in [-0.2, -0.15) is 0 Å². The number of carbonyl (C=O) groups excluding carboxylic acids is 2. The molecule has 2 aromatic rings. The summed E-state index contributed by atoms with van der Waals surface area (Å²) >= 11 is 0. The highest BCUT2D eigenvalue weighted by atomic mass is 16.5. The summed E-state index contributed by atoms with van der Waals surface area (Å²) in [6.07, 6.45) is 1.93. The summed E-state index contributed by atoms with van der Waals surface area (Å²) in [4.78, 5) is 30.3. The normalized spacial score (nSPS) is 16.4. The van der Waals surface area contributed by atoms with Gasteiger partial charge < -0.3 is 14.4 Å². The quantitative estimate of drug-likeness (QED) is 0.640. The predicted molar refractivity (Wildman–Crippen MR) is 120 cm³/mol. The molecule has 4 rings (SSSR count). The van der Waals surface area contributed by atoms with E-state index in [0.717, 1.165) is 18.5 Å². The molecule has 6 nitrogen and oxygen atoms in total. The van der Waals surface area contributed by atoms with Crippen LogP contribution in [0.5, 0.6) is 5.75 Å². The molecule has 2 aliphatic heterocycles. The van der Waals surface area contributed by atoms with E-state index >= 15 is 0 Å². The van der Waals surface area contributed by atoms with Crippen LogP contribution in [-0.2, 0) is 20.7 Å². The van der Waals surface area contributed by atoms with Crippen LogP contribution < -0.4 is 9.64 Å². The van der Waals surface area contributed by atoms with Crippen LogP contribution in [0.4, 0.5) is 5.69 Å². The smallest absolute Gasteiger partial charge is 0.278 e. The third-order valence-electron chi connectivity index (χ3n) is 5.67. The molecule has 0 unspecified atom stereocenters. The average Bonchev–Trinajstić information content (AvgIpc) is 3.03. The average molecular weight is 421 g/mol. The lowest BCUT2D eigenvalue weighted by Gasteiger charge is -2.32. The summed E-state index contributed by atoms with van der Waals surface area (Å²) in [7, 11) is 1.60.